The molecule has 67 valence electrons. The molecule has 3 rings (SSSR count). The first-order chi connectivity index (χ1) is 6.95. The van der Waals surface area contributed by atoms with Gasteiger partial charge < -0.3 is 4.98 Å². The van der Waals surface area contributed by atoms with E-state index in [0.717, 1.165) is 21.6 Å². The fourth-order valence-electron chi connectivity index (χ4n) is 1.37. The Morgan fingerprint density at radius 1 is 1.36 bits per heavy atom. The summed E-state index contributed by atoms with van der Waals surface area (Å²) in [6.07, 6.45) is 2.72. The molecule has 0 aliphatic heterocycles. The molecule has 0 spiro atoms. The molecule has 14 heavy (non-hydrogen) atoms. The van der Waals surface area contributed by atoms with Crippen LogP contribution >= 0.6 is 11.3 Å². The summed E-state index contributed by atoms with van der Waals surface area (Å²) in [7, 11) is 0. The molecule has 0 amide bonds. The Labute approximate surface area is 83.6 Å². The van der Waals surface area contributed by atoms with Crippen molar-refractivity contribution in [3.05, 3.63) is 30.0 Å². The molecular formula is C9H5N4S. The Balaban J connectivity index is 2.36. The summed E-state index contributed by atoms with van der Waals surface area (Å²) in [4.78, 5) is 7.08. The lowest BCUT2D eigenvalue weighted by molar-refractivity contribution is 1.10. The predicted octanol–water partition coefficient (Wildman–Crippen LogP) is 1.88. The molecule has 0 saturated carbocycles. The first-order valence-corrected chi connectivity index (χ1v) is 4.94. The van der Waals surface area contributed by atoms with E-state index in [1.54, 1.807) is 5.51 Å². The Bertz CT molecular complexity index is 555. The van der Waals surface area contributed by atoms with Crippen LogP contribution in [0.5, 0.6) is 0 Å². The largest absolute Gasteiger partial charge is 0.335 e. The van der Waals surface area contributed by atoms with Crippen LogP contribution in [-0.4, -0.2) is 20.2 Å². The third-order valence-corrected chi connectivity index (χ3v) is 2.71. The van der Waals surface area contributed by atoms with Crippen LogP contribution in [-0.2, 0) is 0 Å². The molecule has 0 bridgehead atoms. The van der Waals surface area contributed by atoms with E-state index >= 15 is 0 Å². The van der Waals surface area contributed by atoms with Crippen molar-refractivity contribution in [1.29, 1.82) is 0 Å². The SMILES string of the molecule is [c]1nc2c(-c3nncs3)cccc2[nH]1. The normalized spacial score (nSPS) is 10.9. The Morgan fingerprint density at radius 3 is 3.21 bits per heavy atom. The molecular weight excluding hydrogens is 196 g/mol. The highest BCUT2D eigenvalue weighted by Gasteiger charge is 2.07. The summed E-state index contributed by atoms with van der Waals surface area (Å²) in [6, 6.07) is 5.91. The van der Waals surface area contributed by atoms with E-state index in [1.807, 2.05) is 18.2 Å². The van der Waals surface area contributed by atoms with Crippen LogP contribution in [0.1, 0.15) is 0 Å². The van der Waals surface area contributed by atoms with Crippen molar-refractivity contribution in [1.82, 2.24) is 20.2 Å². The molecule has 1 N–H and O–H groups in total. The van der Waals surface area contributed by atoms with Gasteiger partial charge in [-0.2, -0.15) is 0 Å². The highest BCUT2D eigenvalue weighted by Crippen LogP contribution is 2.26. The average Bonchev–Trinajstić information content (AvgIpc) is 2.88. The predicted molar refractivity (Wildman–Crippen MR) is 53.8 cm³/mol. The maximum absolute atomic E-state index is 4.13. The van der Waals surface area contributed by atoms with E-state index in [1.165, 1.54) is 11.3 Å². The Kier molecular flexibility index (Phi) is 1.57. The molecule has 5 heteroatoms. The van der Waals surface area contributed by atoms with Gasteiger partial charge >= 0.3 is 0 Å². The smallest absolute Gasteiger partial charge is 0.174 e. The van der Waals surface area contributed by atoms with E-state index < -0.39 is 0 Å². The molecule has 3 aromatic rings. The van der Waals surface area contributed by atoms with Gasteiger partial charge in [0.25, 0.3) is 0 Å². The van der Waals surface area contributed by atoms with Gasteiger partial charge in [0, 0.05) is 5.56 Å². The number of benzene rings is 1. The first-order valence-electron chi connectivity index (χ1n) is 4.06. The van der Waals surface area contributed by atoms with Crippen molar-refractivity contribution in [2.45, 2.75) is 0 Å². The zero-order chi connectivity index (χ0) is 9.38. The number of aromatic amines is 1. The molecule has 0 aliphatic rings. The minimum atomic E-state index is 0.885. The van der Waals surface area contributed by atoms with E-state index in [0.29, 0.717) is 0 Å². The number of para-hydroxylation sites is 1. The molecule has 2 heterocycles. The van der Waals surface area contributed by atoms with Crippen LogP contribution in [0.3, 0.4) is 0 Å². The van der Waals surface area contributed by atoms with Gasteiger partial charge in [0.2, 0.25) is 0 Å². The minimum absolute atomic E-state index is 0.885. The molecule has 0 atom stereocenters. The second-order valence-corrected chi connectivity index (χ2v) is 3.63. The maximum Gasteiger partial charge on any atom is 0.174 e. The number of fused-ring (bicyclic) bond motifs is 1. The van der Waals surface area contributed by atoms with Crippen molar-refractivity contribution < 1.29 is 0 Å². The first kappa shape index (κ1) is 7.64. The highest BCUT2D eigenvalue weighted by molar-refractivity contribution is 7.12. The molecule has 1 radical (unpaired) electrons. The topological polar surface area (TPSA) is 54.5 Å². The minimum Gasteiger partial charge on any atom is -0.335 e. The van der Waals surface area contributed by atoms with Crippen LogP contribution in [0.25, 0.3) is 21.6 Å². The summed E-state index contributed by atoms with van der Waals surface area (Å²) in [5.41, 5.74) is 4.58. The van der Waals surface area contributed by atoms with Gasteiger partial charge in [0.1, 0.15) is 10.5 Å². The molecule has 0 fully saturated rings. The highest BCUT2D eigenvalue weighted by atomic mass is 32.1. The fourth-order valence-corrected chi connectivity index (χ4v) is 1.95. The lowest BCUT2D eigenvalue weighted by atomic mass is 10.2. The third kappa shape index (κ3) is 1.03. The maximum atomic E-state index is 4.13. The standard InChI is InChI=1S/C9H5N4S/c1-2-6(9-13-12-5-14-9)8-7(3-1)10-4-11-8/h1-3,5H,(H,10,11). The molecule has 1 aromatic carbocycles. The summed E-state index contributed by atoms with van der Waals surface area (Å²) in [5.74, 6) is 0. The Morgan fingerprint density at radius 2 is 2.36 bits per heavy atom. The summed E-state index contributed by atoms with van der Waals surface area (Å²) >= 11 is 1.50. The number of hydrogen-bond donors (Lipinski definition) is 1. The van der Waals surface area contributed by atoms with Gasteiger partial charge in [-0.25, -0.2) is 4.98 Å². The van der Waals surface area contributed by atoms with E-state index in [4.69, 9.17) is 0 Å². The second kappa shape index (κ2) is 2.88. The summed E-state index contributed by atoms with van der Waals surface area (Å²) in [6.45, 7) is 0. The average molecular weight is 201 g/mol. The van der Waals surface area contributed by atoms with Gasteiger partial charge in [-0.1, -0.05) is 17.4 Å². The van der Waals surface area contributed by atoms with Crippen LogP contribution < -0.4 is 0 Å². The zero-order valence-electron chi connectivity index (χ0n) is 7.06. The van der Waals surface area contributed by atoms with E-state index in [2.05, 4.69) is 26.5 Å². The van der Waals surface area contributed by atoms with Gasteiger partial charge in [0.15, 0.2) is 6.33 Å². The number of imidazole rings is 1. The number of nitrogens with one attached hydrogen (secondary N) is 1. The van der Waals surface area contributed by atoms with Gasteiger partial charge in [-0.15, -0.1) is 10.2 Å². The summed E-state index contributed by atoms with van der Waals surface area (Å²) < 4.78 is 0. The summed E-state index contributed by atoms with van der Waals surface area (Å²) in [5, 5.41) is 8.71. The number of rotatable bonds is 1. The molecule has 0 saturated heterocycles. The molecule has 0 aliphatic carbocycles. The quantitative estimate of drug-likeness (QED) is 0.654. The fraction of sp³-hybridized carbons (Fsp3) is 0. The van der Waals surface area contributed by atoms with Gasteiger partial charge in [0.05, 0.1) is 11.0 Å². The van der Waals surface area contributed by atoms with Crippen molar-refractivity contribution >= 4 is 22.4 Å². The van der Waals surface area contributed by atoms with Gasteiger partial charge in [-0.05, 0) is 12.1 Å². The number of aromatic nitrogens is 4. The van der Waals surface area contributed by atoms with E-state index in [9.17, 15) is 0 Å². The molecule has 4 nitrogen and oxygen atoms in total. The van der Waals surface area contributed by atoms with Crippen molar-refractivity contribution in [2.75, 3.05) is 0 Å². The van der Waals surface area contributed by atoms with Crippen molar-refractivity contribution in [3.8, 4) is 10.6 Å². The zero-order valence-corrected chi connectivity index (χ0v) is 7.88. The van der Waals surface area contributed by atoms with Crippen molar-refractivity contribution in [2.24, 2.45) is 0 Å². The number of nitrogens with zero attached hydrogens (tertiary/aromatic N) is 3. The molecule has 2 aromatic heterocycles. The van der Waals surface area contributed by atoms with Crippen LogP contribution in [0.2, 0.25) is 0 Å². The number of H-pyrrole nitrogens is 1. The van der Waals surface area contributed by atoms with E-state index in [-0.39, 0.29) is 0 Å². The third-order valence-electron chi connectivity index (χ3n) is 1.98. The van der Waals surface area contributed by atoms with Crippen LogP contribution in [0, 0.1) is 6.33 Å². The van der Waals surface area contributed by atoms with Crippen molar-refractivity contribution in [3.63, 3.8) is 0 Å². The van der Waals surface area contributed by atoms with Gasteiger partial charge in [-0.3, -0.25) is 0 Å². The van der Waals surface area contributed by atoms with Crippen LogP contribution in [0.15, 0.2) is 23.7 Å². The second-order valence-electron chi connectivity index (χ2n) is 2.79. The Hall–Kier alpha value is -1.75. The monoisotopic (exact) mass is 201 g/mol. The lowest BCUT2D eigenvalue weighted by Crippen LogP contribution is -1.79. The number of hydrogen-bond acceptors (Lipinski definition) is 4. The lowest BCUT2D eigenvalue weighted by Gasteiger charge is -1.95. The van der Waals surface area contributed by atoms with Crippen LogP contribution in [0.4, 0.5) is 0 Å². The molecule has 0 unspecified atom stereocenters.